The van der Waals surface area contributed by atoms with Crippen LogP contribution in [0.15, 0.2) is 48.5 Å². The zero-order chi connectivity index (χ0) is 13.0. The number of halogens is 1. The second-order valence-corrected chi connectivity index (χ2v) is 5.41. The van der Waals surface area contributed by atoms with E-state index in [0.29, 0.717) is 0 Å². The minimum Gasteiger partial charge on any atom is -0.354 e. The van der Waals surface area contributed by atoms with Crippen LogP contribution in [0.5, 0.6) is 0 Å². The first-order chi connectivity index (χ1) is 9.24. The average Bonchev–Trinajstić information content (AvgIpc) is 2.78. The molecule has 0 bridgehead atoms. The first-order valence-corrected chi connectivity index (χ1v) is 6.71. The van der Waals surface area contributed by atoms with Gasteiger partial charge in [0.2, 0.25) is 0 Å². The molecule has 1 N–H and O–H groups in total. The Hall–Kier alpha value is -1.99. The van der Waals surface area contributed by atoms with Crippen LogP contribution in [0.2, 0.25) is 5.02 Å². The number of nitrogens with one attached hydrogen (secondary N) is 1. The molecule has 19 heavy (non-hydrogen) atoms. The summed E-state index contributed by atoms with van der Waals surface area (Å²) in [6.07, 6.45) is 0. The van der Waals surface area contributed by atoms with Crippen molar-refractivity contribution in [2.75, 3.05) is 0 Å². The van der Waals surface area contributed by atoms with Gasteiger partial charge in [0, 0.05) is 32.1 Å². The van der Waals surface area contributed by atoms with Crippen LogP contribution < -0.4 is 0 Å². The van der Waals surface area contributed by atoms with E-state index in [1.165, 1.54) is 27.2 Å². The highest BCUT2D eigenvalue weighted by Gasteiger charge is 2.10. The lowest BCUT2D eigenvalue weighted by atomic mass is 10.0. The zero-order valence-electron chi connectivity index (χ0n) is 10.5. The van der Waals surface area contributed by atoms with E-state index >= 15 is 0 Å². The minimum absolute atomic E-state index is 0.816. The van der Waals surface area contributed by atoms with Crippen molar-refractivity contribution < 1.29 is 0 Å². The van der Waals surface area contributed by atoms with E-state index in [2.05, 4.69) is 54.4 Å². The third-order valence-corrected chi connectivity index (χ3v) is 4.03. The van der Waals surface area contributed by atoms with Crippen LogP contribution in [0.25, 0.3) is 32.6 Å². The highest BCUT2D eigenvalue weighted by molar-refractivity contribution is 6.38. The van der Waals surface area contributed by atoms with Gasteiger partial charge in [-0.05, 0) is 25.1 Å². The SMILES string of the molecule is Cc1ccc2c(c1)c(Cl)cc1c3ccccc3[nH]c21. The number of para-hydroxylation sites is 1. The van der Waals surface area contributed by atoms with Crippen molar-refractivity contribution in [1.82, 2.24) is 4.98 Å². The van der Waals surface area contributed by atoms with Gasteiger partial charge in [0.1, 0.15) is 0 Å². The van der Waals surface area contributed by atoms with Crippen molar-refractivity contribution in [1.29, 1.82) is 0 Å². The molecule has 0 unspecified atom stereocenters. The summed E-state index contributed by atoms with van der Waals surface area (Å²) in [4.78, 5) is 3.51. The fourth-order valence-electron chi connectivity index (χ4n) is 2.80. The van der Waals surface area contributed by atoms with Crippen LogP contribution in [-0.4, -0.2) is 4.98 Å². The highest BCUT2D eigenvalue weighted by Crippen LogP contribution is 2.35. The summed E-state index contributed by atoms with van der Waals surface area (Å²) in [6, 6.07) is 16.8. The summed E-state index contributed by atoms with van der Waals surface area (Å²) < 4.78 is 0. The van der Waals surface area contributed by atoms with Crippen LogP contribution in [0.1, 0.15) is 5.56 Å². The Balaban J connectivity index is 2.32. The number of fused-ring (bicyclic) bond motifs is 5. The Morgan fingerprint density at radius 3 is 2.58 bits per heavy atom. The van der Waals surface area contributed by atoms with Gasteiger partial charge in [-0.2, -0.15) is 0 Å². The summed E-state index contributed by atoms with van der Waals surface area (Å²) in [5.41, 5.74) is 3.55. The van der Waals surface area contributed by atoms with Crippen LogP contribution in [0.3, 0.4) is 0 Å². The molecule has 4 rings (SSSR count). The molecule has 0 aliphatic carbocycles. The maximum absolute atomic E-state index is 6.45. The molecular weight excluding hydrogens is 254 g/mol. The van der Waals surface area contributed by atoms with Crippen molar-refractivity contribution in [2.45, 2.75) is 6.92 Å². The van der Waals surface area contributed by atoms with Gasteiger partial charge in [0.25, 0.3) is 0 Å². The van der Waals surface area contributed by atoms with E-state index in [0.717, 1.165) is 15.9 Å². The lowest BCUT2D eigenvalue weighted by molar-refractivity contribution is 1.50. The van der Waals surface area contributed by atoms with Gasteiger partial charge in [-0.15, -0.1) is 0 Å². The summed E-state index contributed by atoms with van der Waals surface area (Å²) >= 11 is 6.45. The molecule has 0 amide bonds. The lowest BCUT2D eigenvalue weighted by Crippen LogP contribution is -1.79. The predicted octanol–water partition coefficient (Wildman–Crippen LogP) is 5.44. The molecule has 0 atom stereocenters. The first-order valence-electron chi connectivity index (χ1n) is 6.33. The van der Waals surface area contributed by atoms with Gasteiger partial charge >= 0.3 is 0 Å². The van der Waals surface area contributed by atoms with Crippen molar-refractivity contribution in [3.8, 4) is 0 Å². The molecule has 1 aromatic heterocycles. The standard InChI is InChI=1S/C17H12ClN/c1-10-6-7-12-13(8-10)15(18)9-14-11-4-2-3-5-16(11)19-17(12)14/h2-9,19H,1H3. The van der Waals surface area contributed by atoms with Gasteiger partial charge in [-0.25, -0.2) is 0 Å². The predicted molar refractivity (Wildman–Crippen MR) is 83.1 cm³/mol. The molecule has 92 valence electrons. The zero-order valence-corrected chi connectivity index (χ0v) is 11.3. The Bertz CT molecular complexity index is 934. The monoisotopic (exact) mass is 265 g/mol. The molecule has 2 heteroatoms. The van der Waals surface area contributed by atoms with Crippen molar-refractivity contribution in [3.05, 3.63) is 59.1 Å². The number of hydrogen-bond donors (Lipinski definition) is 1. The van der Waals surface area contributed by atoms with Crippen LogP contribution in [-0.2, 0) is 0 Å². The molecule has 0 spiro atoms. The second-order valence-electron chi connectivity index (χ2n) is 5.00. The van der Waals surface area contributed by atoms with E-state index in [4.69, 9.17) is 11.6 Å². The van der Waals surface area contributed by atoms with Crippen molar-refractivity contribution >= 4 is 44.2 Å². The fourth-order valence-corrected chi connectivity index (χ4v) is 3.07. The van der Waals surface area contributed by atoms with E-state index in [-0.39, 0.29) is 0 Å². The quantitative estimate of drug-likeness (QED) is 0.436. The van der Waals surface area contributed by atoms with Crippen LogP contribution in [0.4, 0.5) is 0 Å². The Morgan fingerprint density at radius 2 is 1.68 bits per heavy atom. The molecule has 3 aromatic carbocycles. The van der Waals surface area contributed by atoms with E-state index < -0.39 is 0 Å². The summed E-state index contributed by atoms with van der Waals surface area (Å²) in [7, 11) is 0. The lowest BCUT2D eigenvalue weighted by Gasteiger charge is -2.04. The molecule has 0 radical (unpaired) electrons. The third kappa shape index (κ3) is 1.48. The van der Waals surface area contributed by atoms with E-state index in [1.54, 1.807) is 0 Å². The summed E-state index contributed by atoms with van der Waals surface area (Å²) in [5.74, 6) is 0. The van der Waals surface area contributed by atoms with Crippen LogP contribution >= 0.6 is 11.6 Å². The van der Waals surface area contributed by atoms with Gasteiger partial charge in [0.15, 0.2) is 0 Å². The molecule has 0 saturated carbocycles. The second kappa shape index (κ2) is 3.75. The van der Waals surface area contributed by atoms with Gasteiger partial charge in [-0.3, -0.25) is 0 Å². The number of aromatic amines is 1. The molecular formula is C17H12ClN. The number of hydrogen-bond acceptors (Lipinski definition) is 0. The molecule has 4 aromatic rings. The topological polar surface area (TPSA) is 15.8 Å². The van der Waals surface area contributed by atoms with Crippen LogP contribution in [0, 0.1) is 6.92 Å². The summed E-state index contributed by atoms with van der Waals surface area (Å²) in [6.45, 7) is 2.09. The highest BCUT2D eigenvalue weighted by atomic mass is 35.5. The maximum Gasteiger partial charge on any atom is 0.0545 e. The molecule has 1 heterocycles. The fraction of sp³-hybridized carbons (Fsp3) is 0.0588. The minimum atomic E-state index is 0.816. The van der Waals surface area contributed by atoms with E-state index in [1.807, 2.05) is 6.07 Å². The molecule has 0 aliphatic rings. The number of aromatic nitrogens is 1. The Kier molecular flexibility index (Phi) is 2.15. The molecule has 0 aliphatic heterocycles. The third-order valence-electron chi connectivity index (χ3n) is 3.72. The smallest absolute Gasteiger partial charge is 0.0545 e. The number of H-pyrrole nitrogens is 1. The van der Waals surface area contributed by atoms with Gasteiger partial charge in [0.05, 0.1) is 5.52 Å². The van der Waals surface area contributed by atoms with Crippen molar-refractivity contribution in [2.24, 2.45) is 0 Å². The van der Waals surface area contributed by atoms with Gasteiger partial charge in [-0.1, -0.05) is 47.5 Å². The summed E-state index contributed by atoms with van der Waals surface area (Å²) in [5, 5.41) is 5.53. The maximum atomic E-state index is 6.45. The normalized spacial score (nSPS) is 11.7. The number of aryl methyl sites for hydroxylation is 1. The number of benzene rings is 3. The Labute approximate surface area is 115 Å². The molecule has 0 saturated heterocycles. The average molecular weight is 266 g/mol. The first kappa shape index (κ1) is 10.9. The molecule has 1 nitrogen and oxygen atoms in total. The molecule has 0 fully saturated rings. The number of rotatable bonds is 0. The largest absolute Gasteiger partial charge is 0.354 e. The van der Waals surface area contributed by atoms with Gasteiger partial charge < -0.3 is 4.98 Å². The Morgan fingerprint density at radius 1 is 0.842 bits per heavy atom. The van der Waals surface area contributed by atoms with Crippen molar-refractivity contribution in [3.63, 3.8) is 0 Å². The van der Waals surface area contributed by atoms with E-state index in [9.17, 15) is 0 Å².